The third kappa shape index (κ3) is 4.97. The lowest BCUT2D eigenvalue weighted by atomic mass is 9.93. The van der Waals surface area contributed by atoms with E-state index in [0.29, 0.717) is 17.9 Å². The fraction of sp³-hybridized carbons (Fsp3) is 0.583. The highest BCUT2D eigenvalue weighted by molar-refractivity contribution is 5.80. The Morgan fingerprint density at radius 2 is 2.10 bits per heavy atom. The summed E-state index contributed by atoms with van der Waals surface area (Å²) in [5.41, 5.74) is 1.19. The lowest BCUT2D eigenvalue weighted by Gasteiger charge is -2.39. The quantitative estimate of drug-likeness (QED) is 0.570. The second-order valence-electron chi connectivity index (χ2n) is 8.76. The Labute approximate surface area is 186 Å². The van der Waals surface area contributed by atoms with Crippen molar-refractivity contribution in [2.45, 2.75) is 32.7 Å². The van der Waals surface area contributed by atoms with Crippen molar-refractivity contribution < 1.29 is 4.74 Å². The van der Waals surface area contributed by atoms with E-state index < -0.39 is 0 Å². The molecule has 3 unspecified atom stereocenters. The van der Waals surface area contributed by atoms with Crippen molar-refractivity contribution in [2.24, 2.45) is 16.8 Å². The van der Waals surface area contributed by atoms with Crippen LogP contribution in [0.2, 0.25) is 0 Å². The Balaban J connectivity index is 1.40. The van der Waals surface area contributed by atoms with E-state index in [1.165, 1.54) is 5.69 Å². The van der Waals surface area contributed by atoms with Gasteiger partial charge in [0.05, 0.1) is 25.2 Å². The number of aliphatic imine (C=N–C) groups is 1. The fourth-order valence-electron chi connectivity index (χ4n) is 4.83. The molecule has 2 aromatic rings. The molecule has 2 aliphatic rings. The summed E-state index contributed by atoms with van der Waals surface area (Å²) in [5.74, 6) is 3.20. The van der Waals surface area contributed by atoms with E-state index in [2.05, 4.69) is 56.8 Å². The molecule has 3 atom stereocenters. The molecule has 0 bridgehead atoms. The predicted molar refractivity (Wildman–Crippen MR) is 126 cm³/mol. The van der Waals surface area contributed by atoms with Crippen LogP contribution in [0.1, 0.15) is 32.7 Å². The van der Waals surface area contributed by atoms with Crippen LogP contribution in [0, 0.1) is 11.8 Å². The Hall–Kier alpha value is -2.70. The third-order valence-electron chi connectivity index (χ3n) is 6.67. The van der Waals surface area contributed by atoms with Gasteiger partial charge in [0.1, 0.15) is 5.75 Å². The van der Waals surface area contributed by atoms with Crippen LogP contribution in [-0.4, -0.2) is 66.8 Å². The summed E-state index contributed by atoms with van der Waals surface area (Å²) in [4.78, 5) is 14.2. The summed E-state index contributed by atoms with van der Waals surface area (Å²) in [7, 11) is 1.75. The molecule has 0 amide bonds. The van der Waals surface area contributed by atoms with E-state index in [4.69, 9.17) is 9.73 Å². The first kappa shape index (κ1) is 21.5. The second-order valence-corrected chi connectivity index (χ2v) is 8.76. The smallest absolute Gasteiger partial charge is 0.193 e. The molecule has 4 rings (SSSR count). The number of hydrogen-bond donors (Lipinski definition) is 1. The van der Waals surface area contributed by atoms with Gasteiger partial charge in [-0.2, -0.15) is 0 Å². The van der Waals surface area contributed by atoms with Gasteiger partial charge >= 0.3 is 0 Å². The van der Waals surface area contributed by atoms with Crippen LogP contribution in [0.4, 0.5) is 5.69 Å². The molecular weight excluding hydrogens is 388 g/mol. The molecule has 1 aromatic heterocycles. The third-order valence-corrected chi connectivity index (χ3v) is 6.67. The molecule has 31 heavy (non-hydrogen) atoms. The molecule has 0 aliphatic carbocycles. The van der Waals surface area contributed by atoms with Crippen molar-refractivity contribution in [2.75, 3.05) is 51.3 Å². The first-order valence-electron chi connectivity index (χ1n) is 11.6. The zero-order valence-corrected chi connectivity index (χ0v) is 19.1. The van der Waals surface area contributed by atoms with E-state index >= 15 is 0 Å². The minimum Gasteiger partial charge on any atom is -0.495 e. The van der Waals surface area contributed by atoms with Crippen molar-refractivity contribution in [1.29, 1.82) is 0 Å². The normalized spacial score (nSPS) is 24.5. The van der Waals surface area contributed by atoms with E-state index in [9.17, 15) is 0 Å². The summed E-state index contributed by atoms with van der Waals surface area (Å²) in [5, 5.41) is 3.54. The number of hydrogen-bond acceptors (Lipinski definition) is 4. The second kappa shape index (κ2) is 10.1. The molecule has 2 saturated heterocycles. The van der Waals surface area contributed by atoms with Crippen molar-refractivity contribution in [3.05, 3.63) is 43.0 Å². The van der Waals surface area contributed by atoms with Gasteiger partial charge in [0.2, 0.25) is 0 Å². The molecule has 1 N–H and O–H groups in total. The first-order valence-corrected chi connectivity index (χ1v) is 11.6. The van der Waals surface area contributed by atoms with Gasteiger partial charge in [-0.3, -0.25) is 4.99 Å². The van der Waals surface area contributed by atoms with Gasteiger partial charge in [0.15, 0.2) is 5.96 Å². The SMILES string of the molecule is CCNC(=NCC1CCN(c2ccccc2OC)C1)N1CCC(C)C(n2ccnc2)C1. The maximum atomic E-state index is 5.56. The number of para-hydroxylation sites is 2. The van der Waals surface area contributed by atoms with E-state index in [1.54, 1.807) is 7.11 Å². The number of piperidine rings is 1. The highest BCUT2D eigenvalue weighted by atomic mass is 16.5. The van der Waals surface area contributed by atoms with Crippen LogP contribution < -0.4 is 15.0 Å². The monoisotopic (exact) mass is 424 g/mol. The molecule has 2 fully saturated rings. The summed E-state index contributed by atoms with van der Waals surface area (Å²) in [6.45, 7) is 10.3. The van der Waals surface area contributed by atoms with Gasteiger partial charge in [-0.1, -0.05) is 19.1 Å². The molecule has 168 valence electrons. The summed E-state index contributed by atoms with van der Waals surface area (Å²) < 4.78 is 7.81. The number of rotatable bonds is 6. The highest BCUT2D eigenvalue weighted by Crippen LogP contribution is 2.32. The lowest BCUT2D eigenvalue weighted by Crippen LogP contribution is -2.49. The average Bonchev–Trinajstić information content (AvgIpc) is 3.49. The highest BCUT2D eigenvalue weighted by Gasteiger charge is 2.29. The number of benzene rings is 1. The Bertz CT molecular complexity index is 852. The van der Waals surface area contributed by atoms with Gasteiger partial charge in [0.25, 0.3) is 0 Å². The van der Waals surface area contributed by atoms with Crippen LogP contribution in [0.5, 0.6) is 5.75 Å². The largest absolute Gasteiger partial charge is 0.495 e. The number of nitrogens with zero attached hydrogens (tertiary/aromatic N) is 5. The zero-order valence-electron chi connectivity index (χ0n) is 19.1. The maximum Gasteiger partial charge on any atom is 0.193 e. The number of likely N-dealkylation sites (tertiary alicyclic amines) is 1. The number of anilines is 1. The van der Waals surface area contributed by atoms with Crippen LogP contribution in [-0.2, 0) is 0 Å². The molecule has 2 aliphatic heterocycles. The molecule has 0 radical (unpaired) electrons. The minimum absolute atomic E-state index is 0.438. The van der Waals surface area contributed by atoms with Gasteiger partial charge in [-0.05, 0) is 43.7 Å². The molecule has 1 aromatic carbocycles. The lowest BCUT2D eigenvalue weighted by molar-refractivity contribution is 0.189. The number of ether oxygens (including phenoxy) is 1. The Kier molecular flexibility index (Phi) is 6.99. The maximum absolute atomic E-state index is 5.56. The molecule has 3 heterocycles. The minimum atomic E-state index is 0.438. The van der Waals surface area contributed by atoms with Crippen LogP contribution >= 0.6 is 0 Å². The predicted octanol–water partition coefficient (Wildman–Crippen LogP) is 3.27. The van der Waals surface area contributed by atoms with Crippen LogP contribution in [0.15, 0.2) is 48.0 Å². The first-order chi connectivity index (χ1) is 15.2. The van der Waals surface area contributed by atoms with Gasteiger partial charge < -0.3 is 24.4 Å². The molecule has 7 heteroatoms. The van der Waals surface area contributed by atoms with E-state index in [0.717, 1.165) is 63.8 Å². The van der Waals surface area contributed by atoms with Crippen molar-refractivity contribution >= 4 is 11.6 Å². The van der Waals surface area contributed by atoms with Crippen molar-refractivity contribution in [3.63, 3.8) is 0 Å². The summed E-state index contributed by atoms with van der Waals surface area (Å²) in [6, 6.07) is 8.74. The van der Waals surface area contributed by atoms with Gasteiger partial charge in [0, 0.05) is 51.7 Å². The van der Waals surface area contributed by atoms with E-state index in [-0.39, 0.29) is 0 Å². The number of imidazole rings is 1. The topological polar surface area (TPSA) is 57.9 Å². The van der Waals surface area contributed by atoms with Gasteiger partial charge in [-0.25, -0.2) is 4.98 Å². The average molecular weight is 425 g/mol. The number of nitrogens with one attached hydrogen (secondary N) is 1. The standard InChI is InChI=1S/C24H36N6O/c1-4-26-24(29-12-9-19(2)22(17-29)30-14-11-25-18-30)27-15-20-10-13-28(16-20)21-7-5-6-8-23(21)31-3/h5-8,11,14,18-20,22H,4,9-10,12-13,15-17H2,1-3H3,(H,26,27). The van der Waals surface area contributed by atoms with Crippen LogP contribution in [0.3, 0.4) is 0 Å². The molecular formula is C24H36N6O. The van der Waals surface area contributed by atoms with Crippen molar-refractivity contribution in [1.82, 2.24) is 19.8 Å². The van der Waals surface area contributed by atoms with Crippen molar-refractivity contribution in [3.8, 4) is 5.75 Å². The van der Waals surface area contributed by atoms with E-state index in [1.807, 2.05) is 24.7 Å². The molecule has 0 spiro atoms. The zero-order chi connectivity index (χ0) is 21.6. The van der Waals surface area contributed by atoms with Crippen LogP contribution in [0.25, 0.3) is 0 Å². The fourth-order valence-corrected chi connectivity index (χ4v) is 4.83. The number of guanidine groups is 1. The Morgan fingerprint density at radius 1 is 1.23 bits per heavy atom. The molecule has 7 nitrogen and oxygen atoms in total. The summed E-state index contributed by atoms with van der Waals surface area (Å²) >= 11 is 0. The summed E-state index contributed by atoms with van der Waals surface area (Å²) in [6.07, 6.45) is 8.23. The Morgan fingerprint density at radius 3 is 2.87 bits per heavy atom. The van der Waals surface area contributed by atoms with Gasteiger partial charge in [-0.15, -0.1) is 0 Å². The number of aromatic nitrogens is 2. The number of methoxy groups -OCH3 is 1. The molecule has 0 saturated carbocycles.